The highest BCUT2D eigenvalue weighted by molar-refractivity contribution is 6.30. The van der Waals surface area contributed by atoms with Crippen LogP contribution >= 0.6 is 0 Å². The lowest BCUT2D eigenvalue weighted by Gasteiger charge is -2.51. The van der Waals surface area contributed by atoms with E-state index in [1.807, 2.05) is 0 Å². The number of aliphatic hydroxyl groups excluding tert-OH is 2. The van der Waals surface area contributed by atoms with Crippen molar-refractivity contribution in [3.05, 3.63) is 0 Å². The molecule has 0 aliphatic rings. The molecule has 0 saturated heterocycles. The molecule has 7 atom stereocenters. The van der Waals surface area contributed by atoms with Crippen LogP contribution in [-0.2, 0) is 28.8 Å². The number of nitrogens with one attached hydrogen (secondary N) is 1. The predicted octanol–water partition coefficient (Wildman–Crippen LogP) is -0.861. The highest BCUT2D eigenvalue weighted by atomic mass is 16.4. The van der Waals surface area contributed by atoms with Crippen molar-refractivity contribution in [1.29, 1.82) is 0 Å². The Morgan fingerprint density at radius 1 is 0.897 bits per heavy atom. The number of carbonyl (C=O) groups excluding carboxylic acids is 5. The van der Waals surface area contributed by atoms with Gasteiger partial charge in [-0.05, 0) is 47.1 Å². The molecule has 13 nitrogen and oxygen atoms in total. The molecule has 0 aromatic heterocycles. The van der Waals surface area contributed by atoms with Crippen LogP contribution in [0.15, 0.2) is 0 Å². The molecule has 224 valence electrons. The van der Waals surface area contributed by atoms with Crippen molar-refractivity contribution in [3.8, 4) is 0 Å². The number of hydrogen-bond donors (Lipinski definition) is 5. The van der Waals surface area contributed by atoms with Gasteiger partial charge in [-0.25, -0.2) is 4.79 Å². The average molecular weight is 563 g/mol. The van der Waals surface area contributed by atoms with Crippen LogP contribution in [-0.4, -0.2) is 121 Å². The minimum Gasteiger partial charge on any atom is -0.479 e. The van der Waals surface area contributed by atoms with Gasteiger partial charge in [0.2, 0.25) is 11.4 Å². The van der Waals surface area contributed by atoms with Crippen molar-refractivity contribution < 1.29 is 53.3 Å². The van der Waals surface area contributed by atoms with Crippen LogP contribution in [0.2, 0.25) is 0 Å². The zero-order valence-corrected chi connectivity index (χ0v) is 23.7. The second-order valence-electron chi connectivity index (χ2n) is 9.98. The number of carboxylic acids is 1. The molecule has 0 spiro atoms. The minimum absolute atomic E-state index is 0.00117. The molecule has 5 N–H and O–H groups in total. The largest absolute Gasteiger partial charge is 0.479 e. The van der Waals surface area contributed by atoms with Gasteiger partial charge in [0.05, 0.1) is 6.04 Å². The van der Waals surface area contributed by atoms with E-state index in [1.54, 1.807) is 6.92 Å². The third-order valence-electron chi connectivity index (χ3n) is 7.15. The summed E-state index contributed by atoms with van der Waals surface area (Å²) in [4.78, 5) is 82.8. The van der Waals surface area contributed by atoms with Crippen LogP contribution in [0.3, 0.4) is 0 Å². The molecule has 0 bridgehead atoms. The average Bonchev–Trinajstić information content (AvgIpc) is 2.93. The summed E-state index contributed by atoms with van der Waals surface area (Å²) in [6.07, 6.45) is -3.68. The summed E-state index contributed by atoms with van der Waals surface area (Å²) in [5, 5.41) is 43.5. The number of aliphatic hydroxyl groups is 3. The third-order valence-corrected chi connectivity index (χ3v) is 7.15. The molecule has 0 aliphatic carbocycles. The lowest BCUT2D eigenvalue weighted by molar-refractivity contribution is -0.180. The van der Waals surface area contributed by atoms with E-state index in [-0.39, 0.29) is 17.7 Å². The van der Waals surface area contributed by atoms with E-state index in [9.17, 15) is 44.4 Å². The summed E-state index contributed by atoms with van der Waals surface area (Å²) in [5.41, 5.74) is -9.46. The maximum Gasteiger partial charge on any atom is 0.343 e. The molecular formula is C26H45N3O10. The molecule has 0 aliphatic heterocycles. The van der Waals surface area contributed by atoms with Gasteiger partial charge in [0.1, 0.15) is 12.2 Å². The molecule has 39 heavy (non-hydrogen) atoms. The summed E-state index contributed by atoms with van der Waals surface area (Å²) < 4.78 is 23.8. The molecule has 0 rings (SSSR count). The first-order valence-electron chi connectivity index (χ1n) is 14.6. The summed E-state index contributed by atoms with van der Waals surface area (Å²) in [5.74, 6) is -10.9. The first-order valence-corrected chi connectivity index (χ1v) is 12.5. The maximum atomic E-state index is 15.1. The Hall–Kier alpha value is -2.74. The Morgan fingerprint density at radius 2 is 1.38 bits per heavy atom. The molecule has 2 amide bonds. The maximum absolute atomic E-state index is 15.1. The first-order chi connectivity index (χ1) is 19.3. The van der Waals surface area contributed by atoms with Gasteiger partial charge < -0.3 is 35.5 Å². The van der Waals surface area contributed by atoms with E-state index in [4.69, 9.17) is 4.11 Å². The lowest BCUT2D eigenvalue weighted by atomic mass is 9.64. The van der Waals surface area contributed by atoms with Crippen molar-refractivity contribution in [2.45, 2.75) is 103 Å². The van der Waals surface area contributed by atoms with Gasteiger partial charge in [-0.15, -0.1) is 0 Å². The van der Waals surface area contributed by atoms with Crippen LogP contribution in [0.25, 0.3) is 0 Å². The van der Waals surface area contributed by atoms with Crippen LogP contribution in [0.1, 0.15) is 71.8 Å². The number of hydrogen-bond acceptors (Lipinski definition) is 10. The van der Waals surface area contributed by atoms with Gasteiger partial charge in [-0.1, -0.05) is 33.6 Å². The molecule has 0 aromatic rings. The topological polar surface area (TPSA) is 202 Å². The van der Waals surface area contributed by atoms with Gasteiger partial charge >= 0.3 is 5.97 Å². The molecule has 0 aromatic carbocycles. The summed E-state index contributed by atoms with van der Waals surface area (Å²) >= 11 is 0. The fourth-order valence-electron chi connectivity index (χ4n) is 4.36. The Balaban J connectivity index is 8.43. The second-order valence-corrected chi connectivity index (χ2v) is 9.98. The molecule has 0 unspecified atom stereocenters. The van der Waals surface area contributed by atoms with Crippen LogP contribution < -0.4 is 5.32 Å². The standard InChI is InChI=1S/C26H45N3O10/c1-11-13-17(27-8)18(32)24(6,28(9)19(33)15(4)30)21(35)26(14(3)12-2,29(10)20(34)16(5)31)22(36)25(7,39)23(37)38/h14-17,27,30-31,39H,11-13H2,1-10H3,(H,37,38)/t14-,15-,16-,17-,24+,25+,26+/m0/s1/i8D,9D,10D. The predicted molar refractivity (Wildman–Crippen MR) is 141 cm³/mol. The number of rotatable bonds is 16. The zero-order valence-electron chi connectivity index (χ0n) is 26.7. The van der Waals surface area contributed by atoms with Gasteiger partial charge in [0.15, 0.2) is 22.6 Å². The number of nitrogens with zero attached hydrogens (tertiary/aromatic N) is 2. The fourth-order valence-corrected chi connectivity index (χ4v) is 4.36. The van der Waals surface area contributed by atoms with Gasteiger partial charge in [-0.3, -0.25) is 24.0 Å². The van der Waals surface area contributed by atoms with Crippen LogP contribution in [0.4, 0.5) is 0 Å². The van der Waals surface area contributed by atoms with Crippen molar-refractivity contribution in [1.82, 2.24) is 15.1 Å². The lowest BCUT2D eigenvalue weighted by Crippen LogP contribution is -2.78. The van der Waals surface area contributed by atoms with E-state index < -0.39 is 97.1 Å². The summed E-state index contributed by atoms with van der Waals surface area (Å²) in [7, 11) is -2.91. The highest BCUT2D eigenvalue weighted by Crippen LogP contribution is 2.39. The third kappa shape index (κ3) is 6.37. The highest BCUT2D eigenvalue weighted by Gasteiger charge is 2.67. The Labute approximate surface area is 233 Å². The van der Waals surface area contributed by atoms with Gasteiger partial charge in [0, 0.05) is 18.2 Å². The molecule has 0 fully saturated rings. The van der Waals surface area contributed by atoms with Crippen LogP contribution in [0, 0.1) is 5.92 Å². The van der Waals surface area contributed by atoms with Gasteiger partial charge in [-0.2, -0.15) is 0 Å². The molecular weight excluding hydrogens is 514 g/mol. The number of likely N-dealkylation sites (N-methyl/N-ethyl adjacent to an activating group) is 3. The number of Topliss-reactive ketones (excluding diaryl/α,β-unsaturated/α-hetero) is 3. The fraction of sp³-hybridized carbons (Fsp3) is 0.769. The number of carbonyl (C=O) groups is 6. The SMILES string of the molecule is [2H]CN[C@@H](CCC)C(=O)[C@](C)(C(=O)[C@@](C(=O)[C@@](C)(O)C(=O)O)([C@@H](C)CC)N(C[2H])C(=O)[C@H](C)O)N(C[2H])C(=O)[C@H](C)O. The van der Waals surface area contributed by atoms with Crippen molar-refractivity contribution in [2.75, 3.05) is 21.1 Å². The Kier molecular flexibility index (Phi) is 10.7. The molecule has 0 saturated carbocycles. The van der Waals surface area contributed by atoms with Crippen molar-refractivity contribution >= 4 is 35.1 Å². The minimum atomic E-state index is -3.39. The van der Waals surface area contributed by atoms with Crippen molar-refractivity contribution in [2.24, 2.45) is 5.92 Å². The molecule has 13 heteroatoms. The Bertz CT molecular complexity index is 1020. The van der Waals surface area contributed by atoms with E-state index in [0.717, 1.165) is 20.8 Å². The zero-order chi connectivity index (χ0) is 33.4. The number of ketones is 3. The van der Waals surface area contributed by atoms with Crippen LogP contribution in [0.5, 0.6) is 0 Å². The normalized spacial score (nSPS) is 20.2. The van der Waals surface area contributed by atoms with E-state index >= 15 is 4.79 Å². The monoisotopic (exact) mass is 562 g/mol. The number of amides is 2. The Morgan fingerprint density at radius 3 is 1.74 bits per heavy atom. The smallest absolute Gasteiger partial charge is 0.343 e. The van der Waals surface area contributed by atoms with E-state index in [1.165, 1.54) is 13.8 Å². The molecule has 0 heterocycles. The number of aliphatic carboxylic acids is 1. The quantitative estimate of drug-likeness (QED) is 0.147. The summed E-state index contributed by atoms with van der Waals surface area (Å²) in [6.45, 7) is 7.72. The number of carboxylic acid groups (broad SMARTS) is 1. The second kappa shape index (κ2) is 13.6. The molecule has 0 radical (unpaired) electrons. The first kappa shape index (κ1) is 30.8. The van der Waals surface area contributed by atoms with E-state index in [2.05, 4.69) is 5.32 Å². The van der Waals surface area contributed by atoms with Gasteiger partial charge in [0.25, 0.3) is 11.8 Å². The van der Waals surface area contributed by atoms with Crippen molar-refractivity contribution in [3.63, 3.8) is 0 Å². The van der Waals surface area contributed by atoms with E-state index in [0.29, 0.717) is 18.2 Å². The summed E-state index contributed by atoms with van der Waals surface area (Å²) in [6, 6.07) is -1.33.